The van der Waals surface area contributed by atoms with Gasteiger partial charge in [0.2, 0.25) is 0 Å². The van der Waals surface area contributed by atoms with Crippen LogP contribution in [-0.4, -0.2) is 17.2 Å². The van der Waals surface area contributed by atoms with Crippen molar-refractivity contribution < 1.29 is 4.39 Å². The first-order valence-corrected chi connectivity index (χ1v) is 6.06. The molecule has 0 rings (SSSR count). The molecular formula is C10H21FS. The van der Waals surface area contributed by atoms with Crippen LogP contribution in [0.15, 0.2) is 0 Å². The van der Waals surface area contributed by atoms with Crippen molar-refractivity contribution in [2.45, 2.75) is 57.4 Å². The summed E-state index contributed by atoms with van der Waals surface area (Å²) in [6.07, 6.45) is 5.71. The third-order valence-electron chi connectivity index (χ3n) is 2.33. The zero-order valence-corrected chi connectivity index (χ0v) is 9.51. The Morgan fingerprint density at radius 3 is 2.33 bits per heavy atom. The Labute approximate surface area is 80.3 Å². The predicted molar refractivity (Wildman–Crippen MR) is 56.6 cm³/mol. The molecule has 0 aromatic heterocycles. The number of thioether (sulfide) groups is 1. The molecule has 0 bridgehead atoms. The standard InChI is InChI=1S/C10H21FS/c1-5-7-9(12-4)8-10(3,11)6-2/h9H,5-8H2,1-4H3. The zero-order valence-electron chi connectivity index (χ0n) is 8.69. The molecule has 2 heteroatoms. The van der Waals surface area contributed by atoms with E-state index in [0.29, 0.717) is 18.1 Å². The number of alkyl halides is 1. The Morgan fingerprint density at radius 2 is 2.00 bits per heavy atom. The van der Waals surface area contributed by atoms with Gasteiger partial charge >= 0.3 is 0 Å². The molecule has 0 aliphatic carbocycles. The Hall–Kier alpha value is 0.280. The topological polar surface area (TPSA) is 0 Å². The fourth-order valence-electron chi connectivity index (χ4n) is 1.24. The van der Waals surface area contributed by atoms with E-state index in [-0.39, 0.29) is 0 Å². The summed E-state index contributed by atoms with van der Waals surface area (Å²) in [4.78, 5) is 0. The maximum Gasteiger partial charge on any atom is 0.109 e. The van der Waals surface area contributed by atoms with Gasteiger partial charge in [-0.15, -0.1) is 0 Å². The summed E-state index contributed by atoms with van der Waals surface area (Å²) in [6.45, 7) is 5.79. The molecule has 0 aromatic rings. The molecule has 2 atom stereocenters. The SMILES string of the molecule is CCCC(CC(C)(F)CC)SC. The second-order valence-corrected chi connectivity index (χ2v) is 4.76. The highest BCUT2D eigenvalue weighted by molar-refractivity contribution is 7.99. The Bertz CT molecular complexity index is 112. The van der Waals surface area contributed by atoms with Crippen LogP contribution in [0.5, 0.6) is 0 Å². The summed E-state index contributed by atoms with van der Waals surface area (Å²) in [7, 11) is 0. The van der Waals surface area contributed by atoms with Crippen LogP contribution >= 0.6 is 11.8 Å². The third kappa shape index (κ3) is 5.02. The molecule has 0 saturated heterocycles. The molecule has 0 radical (unpaired) electrons. The summed E-state index contributed by atoms with van der Waals surface area (Å²) in [6, 6.07) is 0. The van der Waals surface area contributed by atoms with Gasteiger partial charge in [-0.3, -0.25) is 0 Å². The lowest BCUT2D eigenvalue weighted by molar-refractivity contribution is 0.166. The van der Waals surface area contributed by atoms with Crippen molar-refractivity contribution in [3.05, 3.63) is 0 Å². The average Bonchev–Trinajstić information content (AvgIpc) is 2.03. The molecule has 0 heterocycles. The maximum atomic E-state index is 13.6. The molecule has 0 amide bonds. The maximum absolute atomic E-state index is 13.6. The van der Waals surface area contributed by atoms with Gasteiger partial charge in [-0.05, 0) is 32.4 Å². The van der Waals surface area contributed by atoms with Crippen molar-refractivity contribution in [3.8, 4) is 0 Å². The van der Waals surface area contributed by atoms with Crippen molar-refractivity contribution in [1.29, 1.82) is 0 Å². The molecule has 12 heavy (non-hydrogen) atoms. The van der Waals surface area contributed by atoms with Crippen molar-refractivity contribution in [2.24, 2.45) is 0 Å². The minimum absolute atomic E-state index is 0.505. The van der Waals surface area contributed by atoms with Crippen molar-refractivity contribution in [1.82, 2.24) is 0 Å². The van der Waals surface area contributed by atoms with Gasteiger partial charge in [-0.1, -0.05) is 20.3 Å². The summed E-state index contributed by atoms with van der Waals surface area (Å²) in [5, 5.41) is 0.505. The summed E-state index contributed by atoms with van der Waals surface area (Å²) in [5.74, 6) is 0. The first-order chi connectivity index (χ1) is 5.55. The highest BCUT2D eigenvalue weighted by Crippen LogP contribution is 2.28. The van der Waals surface area contributed by atoms with E-state index in [4.69, 9.17) is 0 Å². The fraction of sp³-hybridized carbons (Fsp3) is 1.00. The van der Waals surface area contributed by atoms with Crippen LogP contribution in [0.2, 0.25) is 0 Å². The predicted octanol–water partition coefficient (Wildman–Crippen LogP) is 4.05. The van der Waals surface area contributed by atoms with E-state index in [1.54, 1.807) is 18.7 Å². The molecule has 0 aliphatic rings. The van der Waals surface area contributed by atoms with Crippen molar-refractivity contribution in [2.75, 3.05) is 6.26 Å². The summed E-state index contributed by atoms with van der Waals surface area (Å²) >= 11 is 1.80. The van der Waals surface area contributed by atoms with Crippen molar-refractivity contribution >= 4 is 11.8 Å². The average molecular weight is 192 g/mol. The Kier molecular flexibility index (Phi) is 5.98. The normalized spacial score (nSPS) is 18.8. The molecular weight excluding hydrogens is 171 g/mol. The van der Waals surface area contributed by atoms with Crippen LogP contribution in [0, 0.1) is 0 Å². The molecule has 2 unspecified atom stereocenters. The van der Waals surface area contributed by atoms with E-state index >= 15 is 0 Å². The number of hydrogen-bond acceptors (Lipinski definition) is 1. The van der Waals surface area contributed by atoms with Gasteiger partial charge in [0.05, 0.1) is 0 Å². The Balaban J connectivity index is 3.83. The fourth-order valence-corrected chi connectivity index (χ4v) is 2.23. The third-order valence-corrected chi connectivity index (χ3v) is 3.40. The molecule has 0 aromatic carbocycles. The van der Waals surface area contributed by atoms with Gasteiger partial charge in [0.1, 0.15) is 5.67 Å². The molecule has 0 spiro atoms. The summed E-state index contributed by atoms with van der Waals surface area (Å²) in [5.41, 5.74) is -0.956. The van der Waals surface area contributed by atoms with Gasteiger partial charge in [-0.2, -0.15) is 11.8 Å². The van der Waals surface area contributed by atoms with Crippen LogP contribution in [-0.2, 0) is 0 Å². The lowest BCUT2D eigenvalue weighted by Gasteiger charge is -2.23. The molecule has 0 fully saturated rings. The van der Waals surface area contributed by atoms with Crippen LogP contribution in [0.1, 0.15) is 46.5 Å². The summed E-state index contributed by atoms with van der Waals surface area (Å²) < 4.78 is 13.6. The largest absolute Gasteiger partial charge is 0.244 e. The smallest absolute Gasteiger partial charge is 0.109 e. The number of hydrogen-bond donors (Lipinski definition) is 0. The van der Waals surface area contributed by atoms with Crippen LogP contribution in [0.25, 0.3) is 0 Å². The minimum Gasteiger partial charge on any atom is -0.244 e. The van der Waals surface area contributed by atoms with Crippen LogP contribution < -0.4 is 0 Å². The zero-order chi connectivity index (χ0) is 9.61. The second kappa shape index (κ2) is 5.85. The van der Waals surface area contributed by atoms with E-state index < -0.39 is 5.67 Å². The van der Waals surface area contributed by atoms with Crippen LogP contribution in [0.3, 0.4) is 0 Å². The first kappa shape index (κ1) is 12.3. The molecule has 0 N–H and O–H groups in total. The lowest BCUT2D eigenvalue weighted by Crippen LogP contribution is -2.22. The van der Waals surface area contributed by atoms with E-state index in [1.165, 1.54) is 0 Å². The molecule has 0 aliphatic heterocycles. The Morgan fingerprint density at radius 1 is 1.42 bits per heavy atom. The van der Waals surface area contributed by atoms with Gasteiger partial charge in [0.25, 0.3) is 0 Å². The van der Waals surface area contributed by atoms with E-state index in [9.17, 15) is 4.39 Å². The molecule has 0 nitrogen and oxygen atoms in total. The number of rotatable bonds is 6. The minimum atomic E-state index is -0.956. The number of halogens is 1. The highest BCUT2D eigenvalue weighted by atomic mass is 32.2. The van der Waals surface area contributed by atoms with Gasteiger partial charge in [-0.25, -0.2) is 4.39 Å². The van der Waals surface area contributed by atoms with E-state index in [2.05, 4.69) is 13.2 Å². The van der Waals surface area contributed by atoms with Gasteiger partial charge < -0.3 is 0 Å². The van der Waals surface area contributed by atoms with Crippen molar-refractivity contribution in [3.63, 3.8) is 0 Å². The monoisotopic (exact) mass is 192 g/mol. The molecule has 0 saturated carbocycles. The lowest BCUT2D eigenvalue weighted by atomic mass is 9.97. The van der Waals surface area contributed by atoms with E-state index in [1.807, 2.05) is 6.92 Å². The van der Waals surface area contributed by atoms with Gasteiger partial charge in [0, 0.05) is 5.25 Å². The quantitative estimate of drug-likeness (QED) is 0.612. The van der Waals surface area contributed by atoms with E-state index in [0.717, 1.165) is 12.8 Å². The molecule has 74 valence electrons. The van der Waals surface area contributed by atoms with Crippen LogP contribution in [0.4, 0.5) is 4.39 Å². The second-order valence-electron chi connectivity index (χ2n) is 3.62. The first-order valence-electron chi connectivity index (χ1n) is 4.77. The van der Waals surface area contributed by atoms with Gasteiger partial charge in [0.15, 0.2) is 0 Å². The highest BCUT2D eigenvalue weighted by Gasteiger charge is 2.24.